The van der Waals surface area contributed by atoms with E-state index in [1.807, 2.05) is 0 Å². The minimum Gasteiger partial charge on any atom is -0.392 e. The zero-order chi connectivity index (χ0) is 11.0. The number of aliphatic hydroxyl groups excluding tert-OH is 1. The highest BCUT2D eigenvalue weighted by Crippen LogP contribution is 2.34. The third-order valence-electron chi connectivity index (χ3n) is 3.01. The van der Waals surface area contributed by atoms with Crippen molar-refractivity contribution in [3.8, 4) is 0 Å². The van der Waals surface area contributed by atoms with Crippen molar-refractivity contribution in [3.05, 3.63) is 0 Å². The highest BCUT2D eigenvalue weighted by molar-refractivity contribution is 4.98. The van der Waals surface area contributed by atoms with Crippen LogP contribution in [-0.4, -0.2) is 28.8 Å². The largest absolute Gasteiger partial charge is 0.392 e. The third-order valence-corrected chi connectivity index (χ3v) is 3.01. The highest BCUT2D eigenvalue weighted by atomic mass is 16.3. The van der Waals surface area contributed by atoms with Gasteiger partial charge in [-0.3, -0.25) is 0 Å². The second kappa shape index (κ2) is 3.80. The fourth-order valence-electron chi connectivity index (χ4n) is 2.87. The minimum absolute atomic E-state index is 0.0998. The van der Waals surface area contributed by atoms with Crippen LogP contribution in [0.2, 0.25) is 0 Å². The molecule has 14 heavy (non-hydrogen) atoms. The molecule has 1 aliphatic heterocycles. The van der Waals surface area contributed by atoms with E-state index in [4.69, 9.17) is 5.73 Å². The van der Waals surface area contributed by atoms with Crippen LogP contribution >= 0.6 is 0 Å². The number of nitrogens with one attached hydrogen (secondary N) is 1. The highest BCUT2D eigenvalue weighted by Gasteiger charge is 2.39. The predicted molar refractivity (Wildman–Crippen MR) is 59.1 cm³/mol. The predicted octanol–water partition coefficient (Wildman–Crippen LogP) is 0.863. The summed E-state index contributed by atoms with van der Waals surface area (Å²) in [5.41, 5.74) is 5.71. The van der Waals surface area contributed by atoms with E-state index in [0.29, 0.717) is 12.5 Å². The maximum absolute atomic E-state index is 9.79. The lowest BCUT2D eigenvalue weighted by Crippen LogP contribution is -2.59. The molecule has 0 aromatic carbocycles. The van der Waals surface area contributed by atoms with Crippen LogP contribution in [0.1, 0.15) is 40.5 Å². The number of rotatable bonds is 2. The van der Waals surface area contributed by atoms with Gasteiger partial charge in [0, 0.05) is 17.6 Å². The van der Waals surface area contributed by atoms with Crippen LogP contribution in [0.4, 0.5) is 0 Å². The molecule has 3 heteroatoms. The van der Waals surface area contributed by atoms with Crippen LogP contribution in [0.25, 0.3) is 0 Å². The Labute approximate surface area is 87.1 Å². The summed E-state index contributed by atoms with van der Waals surface area (Å²) < 4.78 is 0. The molecule has 1 heterocycles. The van der Waals surface area contributed by atoms with Crippen molar-refractivity contribution in [1.29, 1.82) is 0 Å². The summed E-state index contributed by atoms with van der Waals surface area (Å²) in [5, 5.41) is 13.4. The maximum Gasteiger partial charge on any atom is 0.0691 e. The van der Waals surface area contributed by atoms with Crippen LogP contribution in [0.3, 0.4) is 0 Å². The summed E-state index contributed by atoms with van der Waals surface area (Å²) >= 11 is 0. The van der Waals surface area contributed by atoms with E-state index in [9.17, 15) is 5.11 Å². The number of hydrogen-bond donors (Lipinski definition) is 3. The second-order valence-electron chi connectivity index (χ2n) is 5.86. The quantitative estimate of drug-likeness (QED) is 0.620. The fraction of sp³-hybridized carbons (Fsp3) is 1.00. The molecule has 0 saturated carbocycles. The van der Waals surface area contributed by atoms with E-state index in [-0.39, 0.29) is 17.2 Å². The SMILES string of the molecule is CC1(C)CC(C(O)CN)CC(C)(C)N1. The molecule has 0 radical (unpaired) electrons. The molecule has 4 N–H and O–H groups in total. The molecule has 1 saturated heterocycles. The Bertz CT molecular complexity index is 185. The Morgan fingerprint density at radius 3 is 2.07 bits per heavy atom. The zero-order valence-corrected chi connectivity index (χ0v) is 9.80. The number of aliphatic hydroxyl groups is 1. The molecule has 0 spiro atoms. The van der Waals surface area contributed by atoms with Gasteiger partial charge in [0.05, 0.1) is 6.10 Å². The Balaban J connectivity index is 2.71. The Morgan fingerprint density at radius 2 is 1.71 bits per heavy atom. The first-order valence-electron chi connectivity index (χ1n) is 5.43. The summed E-state index contributed by atoms with van der Waals surface area (Å²) in [6, 6.07) is 0. The number of hydrogen-bond acceptors (Lipinski definition) is 3. The Hall–Kier alpha value is -0.120. The van der Waals surface area contributed by atoms with Gasteiger partial charge in [0.1, 0.15) is 0 Å². The lowest BCUT2D eigenvalue weighted by molar-refractivity contribution is 0.0321. The van der Waals surface area contributed by atoms with Crippen molar-refractivity contribution >= 4 is 0 Å². The van der Waals surface area contributed by atoms with Gasteiger partial charge in [0.2, 0.25) is 0 Å². The molecular weight excluding hydrogens is 176 g/mol. The molecule has 1 atom stereocenters. The van der Waals surface area contributed by atoms with Crippen LogP contribution in [0.15, 0.2) is 0 Å². The van der Waals surface area contributed by atoms with Crippen LogP contribution in [0, 0.1) is 5.92 Å². The third kappa shape index (κ3) is 2.94. The van der Waals surface area contributed by atoms with Crippen molar-refractivity contribution in [2.45, 2.75) is 57.7 Å². The smallest absolute Gasteiger partial charge is 0.0691 e. The van der Waals surface area contributed by atoms with E-state index in [1.165, 1.54) is 0 Å². The lowest BCUT2D eigenvalue weighted by atomic mass is 9.74. The van der Waals surface area contributed by atoms with Crippen LogP contribution in [0.5, 0.6) is 0 Å². The average Bonchev–Trinajstić information content (AvgIpc) is 1.97. The summed E-state index contributed by atoms with van der Waals surface area (Å²) in [4.78, 5) is 0. The molecule has 3 nitrogen and oxygen atoms in total. The Kier molecular flexibility index (Phi) is 3.24. The molecule has 1 unspecified atom stereocenters. The normalized spacial score (nSPS) is 28.7. The molecule has 0 aliphatic carbocycles. The van der Waals surface area contributed by atoms with E-state index in [2.05, 4.69) is 33.0 Å². The van der Waals surface area contributed by atoms with Crippen molar-refractivity contribution in [2.24, 2.45) is 11.7 Å². The first-order valence-corrected chi connectivity index (χ1v) is 5.43. The topological polar surface area (TPSA) is 58.3 Å². The van der Waals surface area contributed by atoms with Gasteiger partial charge in [-0.25, -0.2) is 0 Å². The van der Waals surface area contributed by atoms with E-state index in [1.54, 1.807) is 0 Å². The molecule has 1 aliphatic rings. The van der Waals surface area contributed by atoms with Crippen LogP contribution in [-0.2, 0) is 0 Å². The van der Waals surface area contributed by atoms with E-state index >= 15 is 0 Å². The number of nitrogens with two attached hydrogens (primary N) is 1. The molecule has 84 valence electrons. The monoisotopic (exact) mass is 200 g/mol. The molecule has 0 amide bonds. The van der Waals surface area contributed by atoms with Gasteiger partial charge in [0.15, 0.2) is 0 Å². The molecule has 0 aromatic rings. The molecule has 0 bridgehead atoms. The van der Waals surface area contributed by atoms with Gasteiger partial charge >= 0.3 is 0 Å². The summed E-state index contributed by atoms with van der Waals surface area (Å²) in [5.74, 6) is 0.325. The summed E-state index contributed by atoms with van der Waals surface area (Å²) in [6.07, 6.45) is 1.64. The molecule has 0 aromatic heterocycles. The van der Waals surface area contributed by atoms with Gasteiger partial charge in [-0.2, -0.15) is 0 Å². The lowest BCUT2D eigenvalue weighted by Gasteiger charge is -2.47. The Morgan fingerprint density at radius 1 is 1.29 bits per heavy atom. The van der Waals surface area contributed by atoms with E-state index in [0.717, 1.165) is 12.8 Å². The summed E-state index contributed by atoms with van der Waals surface area (Å²) in [6.45, 7) is 9.11. The zero-order valence-electron chi connectivity index (χ0n) is 9.80. The van der Waals surface area contributed by atoms with Gasteiger partial charge in [-0.15, -0.1) is 0 Å². The minimum atomic E-state index is -0.351. The van der Waals surface area contributed by atoms with Gasteiger partial charge in [-0.1, -0.05) is 0 Å². The average molecular weight is 200 g/mol. The standard InChI is InChI=1S/C11H24N2O/c1-10(2)5-8(9(14)7-12)6-11(3,4)13-10/h8-9,13-14H,5-7,12H2,1-4H3. The second-order valence-corrected chi connectivity index (χ2v) is 5.86. The van der Waals surface area contributed by atoms with Gasteiger partial charge in [-0.05, 0) is 46.5 Å². The fourth-order valence-corrected chi connectivity index (χ4v) is 2.87. The van der Waals surface area contributed by atoms with Crippen molar-refractivity contribution in [1.82, 2.24) is 5.32 Å². The maximum atomic E-state index is 9.79. The summed E-state index contributed by atoms with van der Waals surface area (Å²) in [7, 11) is 0. The first-order chi connectivity index (χ1) is 6.26. The van der Waals surface area contributed by atoms with Crippen molar-refractivity contribution in [3.63, 3.8) is 0 Å². The molecule has 1 fully saturated rings. The van der Waals surface area contributed by atoms with E-state index < -0.39 is 0 Å². The first kappa shape index (κ1) is 12.0. The van der Waals surface area contributed by atoms with Gasteiger partial charge in [0.25, 0.3) is 0 Å². The molecular formula is C11H24N2O. The molecule has 1 rings (SSSR count). The van der Waals surface area contributed by atoms with Crippen LogP contribution < -0.4 is 11.1 Å². The van der Waals surface area contributed by atoms with Crippen molar-refractivity contribution in [2.75, 3.05) is 6.54 Å². The van der Waals surface area contributed by atoms with Crippen molar-refractivity contribution < 1.29 is 5.11 Å². The van der Waals surface area contributed by atoms with Gasteiger partial charge < -0.3 is 16.2 Å². The number of piperidine rings is 1.